The number of ether oxygens (including phenoxy) is 2. The van der Waals surface area contributed by atoms with E-state index in [0.717, 1.165) is 0 Å². The second kappa shape index (κ2) is 4.88. The molecule has 16 heavy (non-hydrogen) atoms. The van der Waals surface area contributed by atoms with E-state index < -0.39 is 11.6 Å². The molecule has 4 heteroatoms. The van der Waals surface area contributed by atoms with Crippen molar-refractivity contribution in [3.63, 3.8) is 0 Å². The summed E-state index contributed by atoms with van der Waals surface area (Å²) in [6.07, 6.45) is 0. The molecule has 1 aromatic carbocycles. The van der Waals surface area contributed by atoms with Gasteiger partial charge in [-0.05, 0) is 32.9 Å². The largest absolute Gasteiger partial charge is 0.480 e. The molecule has 0 heterocycles. The van der Waals surface area contributed by atoms with Gasteiger partial charge in [0.2, 0.25) is 0 Å². The predicted molar refractivity (Wildman–Crippen MR) is 62.2 cm³/mol. The molecule has 0 atom stereocenters. The Morgan fingerprint density at radius 2 is 1.94 bits per heavy atom. The number of hydrogen-bond acceptors (Lipinski definition) is 4. The average molecular weight is 223 g/mol. The molecule has 0 aliphatic carbocycles. The SMILES string of the molecule is CC(C)(C)OC(=O)COc1ccccc1N. The molecule has 0 aliphatic rings. The van der Waals surface area contributed by atoms with Crippen LogP contribution in [-0.4, -0.2) is 18.2 Å². The third-order valence-electron chi connectivity index (χ3n) is 1.68. The zero-order chi connectivity index (χ0) is 12.2. The van der Waals surface area contributed by atoms with Crippen LogP contribution in [0.15, 0.2) is 24.3 Å². The molecular formula is C12H17NO3. The number of benzene rings is 1. The Kier molecular flexibility index (Phi) is 3.77. The molecule has 0 bridgehead atoms. The summed E-state index contributed by atoms with van der Waals surface area (Å²) >= 11 is 0. The van der Waals surface area contributed by atoms with Gasteiger partial charge in [-0.15, -0.1) is 0 Å². The monoisotopic (exact) mass is 223 g/mol. The minimum Gasteiger partial charge on any atom is -0.480 e. The summed E-state index contributed by atoms with van der Waals surface area (Å²) in [6, 6.07) is 7.01. The zero-order valence-corrected chi connectivity index (χ0v) is 9.82. The van der Waals surface area contributed by atoms with Crippen LogP contribution in [0.5, 0.6) is 5.75 Å². The summed E-state index contributed by atoms with van der Waals surface area (Å²) in [5, 5.41) is 0. The maximum Gasteiger partial charge on any atom is 0.344 e. The minimum atomic E-state index is -0.497. The number of anilines is 1. The van der Waals surface area contributed by atoms with E-state index in [1.807, 2.05) is 20.8 Å². The first-order valence-corrected chi connectivity index (χ1v) is 5.07. The van der Waals surface area contributed by atoms with Crippen LogP contribution < -0.4 is 10.5 Å². The van der Waals surface area contributed by atoms with Crippen LogP contribution in [0.3, 0.4) is 0 Å². The van der Waals surface area contributed by atoms with Crippen LogP contribution >= 0.6 is 0 Å². The number of nitrogen functional groups attached to an aromatic ring is 1. The molecule has 0 aliphatic heterocycles. The van der Waals surface area contributed by atoms with Gasteiger partial charge >= 0.3 is 5.97 Å². The summed E-state index contributed by atoms with van der Waals surface area (Å²) in [4.78, 5) is 11.4. The Labute approximate surface area is 95.3 Å². The Morgan fingerprint density at radius 3 is 2.50 bits per heavy atom. The van der Waals surface area contributed by atoms with Gasteiger partial charge in [0.05, 0.1) is 5.69 Å². The van der Waals surface area contributed by atoms with Gasteiger partial charge in [0.25, 0.3) is 0 Å². The van der Waals surface area contributed by atoms with Gasteiger partial charge in [-0.1, -0.05) is 12.1 Å². The van der Waals surface area contributed by atoms with Crippen molar-refractivity contribution in [3.8, 4) is 5.75 Å². The van der Waals surface area contributed by atoms with Gasteiger partial charge in [0.15, 0.2) is 6.61 Å². The van der Waals surface area contributed by atoms with Crippen molar-refractivity contribution in [2.45, 2.75) is 26.4 Å². The topological polar surface area (TPSA) is 61.5 Å². The number of esters is 1. The van der Waals surface area contributed by atoms with Crippen molar-refractivity contribution >= 4 is 11.7 Å². The third kappa shape index (κ3) is 4.21. The molecule has 0 fully saturated rings. The van der Waals surface area contributed by atoms with Crippen LogP contribution in [0.25, 0.3) is 0 Å². The highest BCUT2D eigenvalue weighted by atomic mass is 16.6. The highest BCUT2D eigenvalue weighted by Crippen LogP contribution is 2.19. The lowest BCUT2D eigenvalue weighted by Gasteiger charge is -2.19. The van der Waals surface area contributed by atoms with Crippen molar-refractivity contribution in [2.24, 2.45) is 0 Å². The lowest BCUT2D eigenvalue weighted by atomic mass is 10.2. The highest BCUT2D eigenvalue weighted by molar-refractivity contribution is 5.72. The Hall–Kier alpha value is -1.71. The maximum atomic E-state index is 11.4. The predicted octanol–water partition coefficient (Wildman–Crippen LogP) is 1.99. The maximum absolute atomic E-state index is 11.4. The fraction of sp³-hybridized carbons (Fsp3) is 0.417. The molecule has 0 aromatic heterocycles. The van der Waals surface area contributed by atoms with E-state index in [1.54, 1.807) is 24.3 Å². The molecule has 88 valence electrons. The Balaban J connectivity index is 2.47. The van der Waals surface area contributed by atoms with E-state index in [1.165, 1.54) is 0 Å². The molecular weight excluding hydrogens is 206 g/mol. The standard InChI is InChI=1S/C12H17NO3/c1-12(2,3)16-11(14)8-15-10-7-5-4-6-9(10)13/h4-7H,8,13H2,1-3H3. The molecule has 0 unspecified atom stereocenters. The third-order valence-corrected chi connectivity index (χ3v) is 1.68. The number of rotatable bonds is 3. The van der Waals surface area contributed by atoms with E-state index in [0.29, 0.717) is 11.4 Å². The van der Waals surface area contributed by atoms with Crippen molar-refractivity contribution in [1.82, 2.24) is 0 Å². The van der Waals surface area contributed by atoms with E-state index >= 15 is 0 Å². The van der Waals surface area contributed by atoms with Crippen LogP contribution in [0.2, 0.25) is 0 Å². The zero-order valence-electron chi connectivity index (χ0n) is 9.82. The molecule has 0 saturated carbocycles. The second-order valence-electron chi connectivity index (χ2n) is 4.41. The molecule has 0 spiro atoms. The summed E-state index contributed by atoms with van der Waals surface area (Å²) in [7, 11) is 0. The first kappa shape index (κ1) is 12.4. The lowest BCUT2D eigenvalue weighted by molar-refractivity contribution is -0.157. The molecule has 0 amide bonds. The normalized spacial score (nSPS) is 10.9. The van der Waals surface area contributed by atoms with Crippen LogP contribution in [0, 0.1) is 0 Å². The second-order valence-corrected chi connectivity index (χ2v) is 4.41. The molecule has 2 N–H and O–H groups in total. The summed E-state index contributed by atoms with van der Waals surface area (Å²) < 4.78 is 10.3. The Morgan fingerprint density at radius 1 is 1.31 bits per heavy atom. The fourth-order valence-electron chi connectivity index (χ4n) is 1.12. The van der Waals surface area contributed by atoms with Crippen LogP contribution in [0.1, 0.15) is 20.8 Å². The quantitative estimate of drug-likeness (QED) is 0.628. The van der Waals surface area contributed by atoms with Crippen molar-refractivity contribution in [3.05, 3.63) is 24.3 Å². The van der Waals surface area contributed by atoms with Crippen molar-refractivity contribution in [1.29, 1.82) is 0 Å². The molecule has 0 radical (unpaired) electrons. The van der Waals surface area contributed by atoms with E-state index in [2.05, 4.69) is 0 Å². The van der Waals surface area contributed by atoms with Gasteiger partial charge in [-0.3, -0.25) is 0 Å². The van der Waals surface area contributed by atoms with Gasteiger partial charge in [-0.2, -0.15) is 0 Å². The number of para-hydroxylation sites is 2. The van der Waals surface area contributed by atoms with Gasteiger partial charge in [0, 0.05) is 0 Å². The minimum absolute atomic E-state index is 0.133. The summed E-state index contributed by atoms with van der Waals surface area (Å²) in [6.45, 7) is 5.29. The number of carbonyl (C=O) groups excluding carboxylic acids is 1. The molecule has 0 saturated heterocycles. The Bertz CT molecular complexity index is 369. The van der Waals surface area contributed by atoms with Crippen molar-refractivity contribution in [2.75, 3.05) is 12.3 Å². The van der Waals surface area contributed by atoms with E-state index in [4.69, 9.17) is 15.2 Å². The van der Waals surface area contributed by atoms with Crippen LogP contribution in [0.4, 0.5) is 5.69 Å². The number of hydrogen-bond donors (Lipinski definition) is 1. The smallest absolute Gasteiger partial charge is 0.344 e. The van der Waals surface area contributed by atoms with Crippen molar-refractivity contribution < 1.29 is 14.3 Å². The van der Waals surface area contributed by atoms with E-state index in [9.17, 15) is 4.79 Å². The first-order chi connectivity index (χ1) is 7.38. The molecule has 4 nitrogen and oxygen atoms in total. The fourth-order valence-corrected chi connectivity index (χ4v) is 1.12. The number of nitrogens with two attached hydrogens (primary N) is 1. The van der Waals surface area contributed by atoms with E-state index in [-0.39, 0.29) is 6.61 Å². The summed E-state index contributed by atoms with van der Waals surface area (Å²) in [5.41, 5.74) is 5.67. The lowest BCUT2D eigenvalue weighted by Crippen LogP contribution is -2.27. The van der Waals surface area contributed by atoms with Crippen LogP contribution in [-0.2, 0) is 9.53 Å². The van der Waals surface area contributed by atoms with Gasteiger partial charge in [-0.25, -0.2) is 4.79 Å². The molecule has 1 aromatic rings. The van der Waals surface area contributed by atoms with Gasteiger partial charge < -0.3 is 15.2 Å². The summed E-state index contributed by atoms with van der Waals surface area (Å²) in [5.74, 6) is 0.0871. The number of carbonyl (C=O) groups is 1. The first-order valence-electron chi connectivity index (χ1n) is 5.07. The average Bonchev–Trinajstić information content (AvgIpc) is 2.14. The van der Waals surface area contributed by atoms with Gasteiger partial charge in [0.1, 0.15) is 11.4 Å². The molecule has 1 rings (SSSR count). The highest BCUT2D eigenvalue weighted by Gasteiger charge is 2.16.